The molecule has 0 bridgehead atoms. The first-order valence-corrected chi connectivity index (χ1v) is 17.1. The fourth-order valence-corrected chi connectivity index (χ4v) is 6.19. The summed E-state index contributed by atoms with van der Waals surface area (Å²) in [4.78, 5) is 47.2. The minimum Gasteiger partial charge on any atom is -0.492 e. The third kappa shape index (κ3) is 7.49. The van der Waals surface area contributed by atoms with Crippen molar-refractivity contribution >= 4 is 38.6 Å². The summed E-state index contributed by atoms with van der Waals surface area (Å²) in [5, 5.41) is 1.85. The molecule has 264 valence electrons. The van der Waals surface area contributed by atoms with Crippen LogP contribution in [0.4, 0.5) is 0 Å². The molecule has 0 saturated heterocycles. The van der Waals surface area contributed by atoms with E-state index in [0.29, 0.717) is 17.1 Å². The Morgan fingerprint density at radius 3 is 1.59 bits per heavy atom. The van der Waals surface area contributed by atoms with Crippen molar-refractivity contribution in [2.24, 2.45) is 0 Å². The van der Waals surface area contributed by atoms with E-state index < -0.39 is 5.92 Å². The minimum atomic E-state index is -0.477. The summed E-state index contributed by atoms with van der Waals surface area (Å²) in [7, 11) is 0. The molecule has 54 heavy (non-hydrogen) atoms. The van der Waals surface area contributed by atoms with Crippen molar-refractivity contribution in [3.8, 4) is 28.5 Å². The molecule has 0 radical (unpaired) electrons. The van der Waals surface area contributed by atoms with Crippen LogP contribution in [-0.4, -0.2) is 52.3 Å². The Labute approximate surface area is 323 Å². The van der Waals surface area contributed by atoms with E-state index in [0.717, 1.165) is 61.2 Å². The summed E-state index contributed by atoms with van der Waals surface area (Å²) in [5.41, 5.74) is 8.59. The Hall–Kier alpha value is -6.58. The predicted octanol–water partition coefficient (Wildman–Crippen LogP) is 8.61. The number of aryl methyl sites for hydroxylation is 1. The number of hydrogen-bond donors (Lipinski definition) is 1. The number of nitrogens with zero attached hydrogens (tertiary/aromatic N) is 7. The molecule has 1 unspecified atom stereocenters. The van der Waals surface area contributed by atoms with Gasteiger partial charge in [-0.25, -0.2) is 4.98 Å². The quantitative estimate of drug-likeness (QED) is 0.138. The topological polar surface area (TPSA) is 132 Å². The summed E-state index contributed by atoms with van der Waals surface area (Å²) in [5.74, 6) is 0.796. The van der Waals surface area contributed by atoms with Crippen molar-refractivity contribution in [3.63, 3.8) is 0 Å². The maximum atomic E-state index is 13.2. The smallest absolute Gasteiger partial charge is 0.180 e. The molecule has 1 N–H and O–H groups in total. The number of imidazole rings is 1. The van der Waals surface area contributed by atoms with E-state index in [1.807, 2.05) is 122 Å². The monoisotopic (exact) mass is 794 g/mol. The number of aromatic nitrogens is 8. The average Bonchev–Trinajstić information content (AvgIpc) is 3.69. The summed E-state index contributed by atoms with van der Waals surface area (Å²) in [6.45, 7) is 2.23. The van der Waals surface area contributed by atoms with Crippen LogP contribution < -0.4 is 4.74 Å². The number of fused-ring (bicyclic) bond motifs is 7. The van der Waals surface area contributed by atoms with Gasteiger partial charge >= 0.3 is 0 Å². The zero-order chi connectivity index (χ0) is 36.0. The maximum absolute atomic E-state index is 13.2. The van der Waals surface area contributed by atoms with E-state index in [9.17, 15) is 4.79 Å². The molecular formula is C43H32N8O2Ru. The van der Waals surface area contributed by atoms with Gasteiger partial charge in [-0.05, 0) is 91.9 Å². The zero-order valence-electron chi connectivity index (χ0n) is 29.0. The zero-order valence-corrected chi connectivity index (χ0v) is 30.8. The number of hydrogen-bond acceptors (Lipinski definition) is 9. The Balaban J connectivity index is 0.000000148. The van der Waals surface area contributed by atoms with E-state index in [4.69, 9.17) is 9.72 Å². The molecule has 0 saturated carbocycles. The summed E-state index contributed by atoms with van der Waals surface area (Å²) < 4.78 is 5.88. The van der Waals surface area contributed by atoms with Gasteiger partial charge in [0, 0.05) is 67.4 Å². The molecule has 9 aromatic rings. The van der Waals surface area contributed by atoms with Crippen LogP contribution in [0.25, 0.3) is 55.6 Å². The molecule has 0 aliphatic carbocycles. The van der Waals surface area contributed by atoms with Gasteiger partial charge in [-0.1, -0.05) is 35.9 Å². The van der Waals surface area contributed by atoms with Crippen molar-refractivity contribution in [2.75, 3.05) is 6.61 Å². The molecule has 7 aromatic heterocycles. The molecule has 1 atom stereocenters. The third-order valence-electron chi connectivity index (χ3n) is 8.72. The van der Waals surface area contributed by atoms with Gasteiger partial charge in [0.2, 0.25) is 0 Å². The maximum Gasteiger partial charge on any atom is 0.180 e. The number of pyridine rings is 6. The first-order valence-electron chi connectivity index (χ1n) is 17.1. The van der Waals surface area contributed by atoms with Crippen molar-refractivity contribution < 1.29 is 29.0 Å². The Morgan fingerprint density at radius 2 is 1.07 bits per heavy atom. The van der Waals surface area contributed by atoms with Gasteiger partial charge in [0.05, 0.1) is 50.4 Å². The molecule has 10 nitrogen and oxygen atoms in total. The number of Topliss-reactive ketones (excluding diaryl/α,β-unsaturated/α-hetero) is 1. The molecule has 10 rings (SSSR count). The van der Waals surface area contributed by atoms with Crippen molar-refractivity contribution in [3.05, 3.63) is 169 Å². The molecule has 0 fully saturated rings. The normalized spacial score (nSPS) is 13.1. The number of ether oxygens (including phenoxy) is 1. The number of H-pyrrole nitrogens is 1. The second kappa shape index (κ2) is 16.4. The third-order valence-corrected chi connectivity index (χ3v) is 8.72. The largest absolute Gasteiger partial charge is 0.492 e. The van der Waals surface area contributed by atoms with Crippen LogP contribution in [0, 0.1) is 6.92 Å². The SMILES string of the molecule is Cc1ccc2c(c1)C(=O)C(c1nc3c4cccnc4c4ncccc4c3[nH]1)CO2.[Ru].c1ccc(-c2ccccn2)nc1.c1ccc(-c2ccccn2)nc1. The fraction of sp³-hybridized carbons (Fsp3) is 0.0698. The first-order chi connectivity index (χ1) is 26.1. The number of carbonyl (C=O) groups is 1. The molecule has 1 aliphatic rings. The second-order valence-electron chi connectivity index (χ2n) is 12.2. The number of benzene rings is 2. The Kier molecular flexibility index (Phi) is 10.9. The van der Waals surface area contributed by atoms with E-state index in [1.54, 1.807) is 37.2 Å². The average molecular weight is 794 g/mol. The van der Waals surface area contributed by atoms with Crippen LogP contribution in [0.3, 0.4) is 0 Å². The molecule has 2 aromatic carbocycles. The van der Waals surface area contributed by atoms with Crippen molar-refractivity contribution in [2.45, 2.75) is 12.8 Å². The van der Waals surface area contributed by atoms with Crippen LogP contribution in [0.1, 0.15) is 27.7 Å². The summed E-state index contributed by atoms with van der Waals surface area (Å²) >= 11 is 0. The van der Waals surface area contributed by atoms with Gasteiger partial charge in [-0.15, -0.1) is 0 Å². The molecular weight excluding hydrogens is 762 g/mol. The predicted molar refractivity (Wildman–Crippen MR) is 205 cm³/mol. The van der Waals surface area contributed by atoms with E-state index >= 15 is 0 Å². The second-order valence-corrected chi connectivity index (χ2v) is 12.2. The van der Waals surface area contributed by atoms with Gasteiger partial charge in [-0.3, -0.25) is 34.7 Å². The van der Waals surface area contributed by atoms with Crippen LogP contribution in [0.15, 0.2) is 152 Å². The van der Waals surface area contributed by atoms with Gasteiger partial charge in [0.15, 0.2) is 5.78 Å². The number of carbonyl (C=O) groups excluding carboxylic acids is 1. The van der Waals surface area contributed by atoms with E-state index in [-0.39, 0.29) is 31.9 Å². The molecule has 11 heteroatoms. The number of aromatic amines is 1. The molecule has 8 heterocycles. The fourth-order valence-electron chi connectivity index (χ4n) is 6.19. The van der Waals surface area contributed by atoms with Crippen molar-refractivity contribution in [1.29, 1.82) is 0 Å². The first kappa shape index (κ1) is 35.8. The van der Waals surface area contributed by atoms with E-state index in [2.05, 4.69) is 34.9 Å². The van der Waals surface area contributed by atoms with E-state index in [1.165, 1.54) is 0 Å². The number of ketones is 1. The van der Waals surface area contributed by atoms with Crippen LogP contribution in [0.2, 0.25) is 0 Å². The van der Waals surface area contributed by atoms with Crippen LogP contribution in [-0.2, 0) is 19.5 Å². The molecule has 1 aliphatic heterocycles. The van der Waals surface area contributed by atoms with Crippen molar-refractivity contribution in [1.82, 2.24) is 39.9 Å². The Morgan fingerprint density at radius 1 is 0.574 bits per heavy atom. The van der Waals surface area contributed by atoms with Gasteiger partial charge in [0.25, 0.3) is 0 Å². The number of nitrogens with one attached hydrogen (secondary N) is 1. The molecule has 0 amide bonds. The van der Waals surface area contributed by atoms with Crippen LogP contribution in [0.5, 0.6) is 5.75 Å². The molecule has 0 spiro atoms. The van der Waals surface area contributed by atoms with Gasteiger partial charge in [-0.2, -0.15) is 0 Å². The Bertz CT molecular complexity index is 2440. The number of rotatable bonds is 3. The van der Waals surface area contributed by atoms with Crippen LogP contribution >= 0.6 is 0 Å². The summed E-state index contributed by atoms with van der Waals surface area (Å²) in [6.07, 6.45) is 10.6. The minimum absolute atomic E-state index is 0. The standard InChI is InChI=1S/C23H16N4O2.2C10H8N2.Ru/c1-12-6-7-17-15(10-12)22(28)16(11-29-17)23-26-20-13-4-2-8-24-18(13)19-14(21(20)27-23)5-3-9-25-19;2*1-3-7-11-9(5-1)10-6-2-4-8-12-10;/h2-10,16H,11H2,1H3,(H,26,27);2*1-8H;. The summed E-state index contributed by atoms with van der Waals surface area (Å²) in [6, 6.07) is 36.6. The van der Waals surface area contributed by atoms with Gasteiger partial charge < -0.3 is 9.72 Å². The van der Waals surface area contributed by atoms with Gasteiger partial charge in [0.1, 0.15) is 24.1 Å².